The van der Waals surface area contributed by atoms with Gasteiger partial charge in [-0.15, -0.1) is 0 Å². The van der Waals surface area contributed by atoms with Gasteiger partial charge in [-0.2, -0.15) is 6.92 Å². The first-order chi connectivity index (χ1) is 4.83. The van der Waals surface area contributed by atoms with Crippen LogP contribution >= 0.6 is 0 Å². The largest absolute Gasteiger partial charge is 0.519 e. The van der Waals surface area contributed by atoms with Gasteiger partial charge < -0.3 is 11.6 Å². The first kappa shape index (κ1) is 29.8. The number of hydrogen-bond donors (Lipinski definition) is 1. The standard InChI is InChI=1S/C3H8.C2H4N.2C2H6.U/c1-3-2;1-2-3;2*1-2;/h3H2,1-2H3;3H,1H3;2*1-2H3;/q;-1;;;. The maximum atomic E-state index is 5.96. The van der Waals surface area contributed by atoms with E-state index >= 15 is 0 Å². The topological polar surface area (TPSA) is 23.9 Å². The summed E-state index contributed by atoms with van der Waals surface area (Å²) in [6.07, 6.45) is 3.25. The molecule has 1 N–H and O–H groups in total. The van der Waals surface area contributed by atoms with Gasteiger partial charge in [-0.3, -0.25) is 0 Å². The second-order valence-corrected chi connectivity index (χ2v) is 0.957. The van der Waals surface area contributed by atoms with Gasteiger partial charge in [-0.1, -0.05) is 48.0 Å². The molecule has 0 heterocycles. The summed E-state index contributed by atoms with van der Waals surface area (Å²) >= 11 is 0. The third kappa shape index (κ3) is 1560. The number of rotatable bonds is 0. The van der Waals surface area contributed by atoms with E-state index in [4.69, 9.17) is 5.41 Å². The predicted octanol–water partition coefficient (Wildman–Crippen LogP) is 4.00. The Morgan fingerprint density at radius 1 is 1.00 bits per heavy atom. The molecule has 0 rings (SSSR count). The van der Waals surface area contributed by atoms with Gasteiger partial charge in [0.1, 0.15) is 0 Å². The van der Waals surface area contributed by atoms with Crippen molar-refractivity contribution < 1.29 is 31.1 Å². The quantitative estimate of drug-likeness (QED) is 0.482. The monoisotopic (exact) mass is 384 g/mol. The molecule has 0 aliphatic heterocycles. The third-order valence-corrected chi connectivity index (χ3v) is 0. The molecule has 0 unspecified atom stereocenters. The van der Waals surface area contributed by atoms with Gasteiger partial charge in [0.05, 0.1) is 0 Å². The van der Waals surface area contributed by atoms with Crippen LogP contribution in [0.4, 0.5) is 0 Å². The molecule has 70 valence electrons. The van der Waals surface area contributed by atoms with Crippen molar-refractivity contribution in [2.45, 2.75) is 54.9 Å². The summed E-state index contributed by atoms with van der Waals surface area (Å²) in [5.41, 5.74) is 0. The SMILES string of the molecule is CC.CC.CCC.C[C-]=N.[U]. The molecule has 2 heteroatoms. The van der Waals surface area contributed by atoms with Crippen LogP contribution < -0.4 is 0 Å². The molecule has 0 aromatic carbocycles. The van der Waals surface area contributed by atoms with Crippen molar-refractivity contribution in [1.29, 1.82) is 5.41 Å². The third-order valence-electron chi connectivity index (χ3n) is 0. The van der Waals surface area contributed by atoms with Crippen molar-refractivity contribution in [2.75, 3.05) is 0 Å². The fourth-order valence-corrected chi connectivity index (χ4v) is 0. The van der Waals surface area contributed by atoms with E-state index in [0.29, 0.717) is 0 Å². The Kier molecular flexibility index (Phi) is 371. The average molecular weight is 384 g/mol. The Morgan fingerprint density at radius 3 is 1.00 bits per heavy atom. The summed E-state index contributed by atoms with van der Waals surface area (Å²) in [6, 6.07) is 0. The van der Waals surface area contributed by atoms with Crippen LogP contribution in [0.5, 0.6) is 0 Å². The smallest absolute Gasteiger partial charge is 0 e. The number of hydrogen-bond acceptors (Lipinski definition) is 1. The normalized spacial score (nSPS) is 3.91. The summed E-state index contributed by atoms with van der Waals surface area (Å²) in [6.45, 7) is 13.8. The van der Waals surface area contributed by atoms with Crippen molar-refractivity contribution in [3.05, 3.63) is 0 Å². The fourth-order valence-electron chi connectivity index (χ4n) is 0. The van der Waals surface area contributed by atoms with Crippen LogP contribution in [-0.4, -0.2) is 6.21 Å². The van der Waals surface area contributed by atoms with Crippen molar-refractivity contribution >= 4 is 6.21 Å². The van der Waals surface area contributed by atoms with E-state index in [2.05, 4.69) is 13.8 Å². The molecule has 0 aliphatic rings. The van der Waals surface area contributed by atoms with Gasteiger partial charge in [-0.25, -0.2) is 0 Å². The van der Waals surface area contributed by atoms with Gasteiger partial charge in [0.2, 0.25) is 0 Å². The molecule has 0 spiro atoms. The van der Waals surface area contributed by atoms with Crippen molar-refractivity contribution in [3.8, 4) is 0 Å². The summed E-state index contributed by atoms with van der Waals surface area (Å²) in [7, 11) is 0. The molecule has 11 heavy (non-hydrogen) atoms. The zero-order chi connectivity index (χ0) is 9.41. The summed E-state index contributed by atoms with van der Waals surface area (Å²) in [5, 5.41) is 5.96. The van der Waals surface area contributed by atoms with Crippen LogP contribution in [0.15, 0.2) is 0 Å². The first-order valence-corrected chi connectivity index (χ1v) is 4.16. The van der Waals surface area contributed by atoms with E-state index in [9.17, 15) is 0 Å². The van der Waals surface area contributed by atoms with Crippen LogP contribution in [0.3, 0.4) is 0 Å². The van der Waals surface area contributed by atoms with Crippen LogP contribution in [0.2, 0.25) is 0 Å². The molecule has 0 amide bonds. The molecule has 0 atom stereocenters. The number of nitrogens with one attached hydrogen (secondary N) is 1. The first-order valence-electron chi connectivity index (χ1n) is 4.16. The summed E-state index contributed by atoms with van der Waals surface area (Å²) in [5.74, 6) is 0. The minimum atomic E-state index is 0. The van der Waals surface area contributed by atoms with Crippen molar-refractivity contribution in [2.24, 2.45) is 0 Å². The van der Waals surface area contributed by atoms with E-state index in [0.717, 1.165) is 0 Å². The average Bonchev–Trinajstić information content (AvgIpc) is 1.99. The molecular formula is C9H24NU-. The minimum absolute atomic E-state index is 0. The van der Waals surface area contributed by atoms with E-state index in [1.54, 1.807) is 6.92 Å². The Morgan fingerprint density at radius 2 is 1.00 bits per heavy atom. The molecule has 0 saturated carbocycles. The van der Waals surface area contributed by atoms with Crippen molar-refractivity contribution in [3.63, 3.8) is 0 Å². The Bertz CT molecular complexity index is 23.5. The molecule has 0 fully saturated rings. The van der Waals surface area contributed by atoms with Crippen molar-refractivity contribution in [1.82, 2.24) is 0 Å². The molecule has 0 saturated heterocycles. The Balaban J connectivity index is -0.0000000144. The molecule has 0 bridgehead atoms. The second kappa shape index (κ2) is 137. The molecular weight excluding hydrogens is 360 g/mol. The predicted molar refractivity (Wildman–Crippen MR) is 52.1 cm³/mol. The molecule has 0 aromatic heterocycles. The summed E-state index contributed by atoms with van der Waals surface area (Å²) < 4.78 is 0. The zero-order valence-corrected chi connectivity index (χ0v) is 13.4. The van der Waals surface area contributed by atoms with Gasteiger partial charge in [0.15, 0.2) is 0 Å². The Labute approximate surface area is 97.2 Å². The van der Waals surface area contributed by atoms with Crippen LogP contribution in [0.25, 0.3) is 0 Å². The van der Waals surface area contributed by atoms with Gasteiger partial charge in [0, 0.05) is 31.1 Å². The fraction of sp³-hybridized carbons (Fsp3) is 0.889. The van der Waals surface area contributed by atoms with Crippen LogP contribution in [-0.2, 0) is 0 Å². The maximum Gasteiger partial charge on any atom is 0 e. The summed E-state index contributed by atoms with van der Waals surface area (Å²) in [4.78, 5) is 0. The van der Waals surface area contributed by atoms with Crippen LogP contribution in [0, 0.1) is 36.5 Å². The molecule has 0 radical (unpaired) electrons. The van der Waals surface area contributed by atoms with E-state index in [1.165, 1.54) is 6.42 Å². The van der Waals surface area contributed by atoms with E-state index in [-0.39, 0.29) is 31.1 Å². The zero-order valence-electron chi connectivity index (χ0n) is 9.21. The Hall–Kier alpha value is 0.722. The van der Waals surface area contributed by atoms with Gasteiger partial charge in [0.25, 0.3) is 0 Å². The van der Waals surface area contributed by atoms with Gasteiger partial charge in [-0.05, 0) is 0 Å². The maximum absolute atomic E-state index is 5.96. The second-order valence-electron chi connectivity index (χ2n) is 0.957. The van der Waals surface area contributed by atoms with Crippen LogP contribution in [0.1, 0.15) is 54.9 Å². The molecule has 1 nitrogen and oxygen atoms in total. The molecule has 0 aromatic rings. The minimum Gasteiger partial charge on any atom is -0.519 e. The molecule has 0 aliphatic carbocycles. The van der Waals surface area contributed by atoms with E-state index < -0.39 is 0 Å². The van der Waals surface area contributed by atoms with E-state index in [1.807, 2.05) is 33.9 Å². The van der Waals surface area contributed by atoms with Gasteiger partial charge >= 0.3 is 0 Å².